The summed E-state index contributed by atoms with van der Waals surface area (Å²) in [5.41, 5.74) is 0.829. The molecule has 0 heterocycles. The van der Waals surface area contributed by atoms with E-state index in [0.29, 0.717) is 11.3 Å². The number of rotatable bonds is 5. The molecule has 21 heavy (non-hydrogen) atoms. The van der Waals surface area contributed by atoms with E-state index in [1.165, 1.54) is 13.2 Å². The van der Waals surface area contributed by atoms with Gasteiger partial charge >= 0.3 is 17.9 Å². The first-order valence-electron chi connectivity index (χ1n) is 5.88. The van der Waals surface area contributed by atoms with Crippen molar-refractivity contribution in [1.82, 2.24) is 0 Å². The number of carbonyl (C=O) groups is 3. The molecule has 0 saturated heterocycles. The Balaban J connectivity index is 3.12. The summed E-state index contributed by atoms with van der Waals surface area (Å²) >= 11 is 0. The van der Waals surface area contributed by atoms with Crippen molar-refractivity contribution in [3.8, 4) is 0 Å². The second-order valence-corrected chi connectivity index (χ2v) is 4.03. The van der Waals surface area contributed by atoms with Gasteiger partial charge in [-0.1, -0.05) is 6.07 Å². The Morgan fingerprint density at radius 2 is 1.86 bits per heavy atom. The summed E-state index contributed by atoms with van der Waals surface area (Å²) in [6.07, 6.45) is 0.923. The monoisotopic (exact) mass is 293 g/mol. The lowest BCUT2D eigenvalue weighted by molar-refractivity contribution is -0.138. The molecule has 0 amide bonds. The fraction of sp³-hybridized carbons (Fsp3) is 0.214. The van der Waals surface area contributed by atoms with Crippen LogP contribution in [0.2, 0.25) is 0 Å². The smallest absolute Gasteiger partial charge is 0.354 e. The van der Waals surface area contributed by atoms with Gasteiger partial charge in [-0.2, -0.15) is 0 Å². The lowest BCUT2D eigenvalue weighted by atomic mass is 10.1. The number of methoxy groups -OCH3 is 2. The van der Waals surface area contributed by atoms with Crippen LogP contribution in [-0.4, -0.2) is 37.2 Å². The zero-order chi connectivity index (χ0) is 16.0. The molecule has 0 aliphatic carbocycles. The molecule has 0 spiro atoms. The van der Waals surface area contributed by atoms with Gasteiger partial charge in [0.05, 0.1) is 25.9 Å². The van der Waals surface area contributed by atoms with E-state index in [9.17, 15) is 14.4 Å². The fourth-order valence-electron chi connectivity index (χ4n) is 1.52. The highest BCUT2D eigenvalue weighted by molar-refractivity contribution is 5.99. The van der Waals surface area contributed by atoms with Crippen molar-refractivity contribution >= 4 is 23.6 Å². The number of hydrogen-bond donors (Lipinski definition) is 2. The van der Waals surface area contributed by atoms with Gasteiger partial charge in [0.2, 0.25) is 0 Å². The number of carbonyl (C=O) groups excluding carboxylic acids is 2. The summed E-state index contributed by atoms with van der Waals surface area (Å²) < 4.78 is 8.97. The summed E-state index contributed by atoms with van der Waals surface area (Å²) in [5.74, 6) is -2.61. The van der Waals surface area contributed by atoms with Crippen molar-refractivity contribution in [2.45, 2.75) is 6.92 Å². The van der Waals surface area contributed by atoms with Gasteiger partial charge in [0.1, 0.15) is 5.70 Å². The van der Waals surface area contributed by atoms with Crippen LogP contribution >= 0.6 is 0 Å². The number of aryl methyl sites for hydroxylation is 1. The molecule has 0 aromatic heterocycles. The Morgan fingerprint density at radius 3 is 2.38 bits per heavy atom. The Labute approximate surface area is 121 Å². The number of benzene rings is 1. The fourth-order valence-corrected chi connectivity index (χ4v) is 1.52. The van der Waals surface area contributed by atoms with Gasteiger partial charge in [0.15, 0.2) is 0 Å². The van der Waals surface area contributed by atoms with Crippen LogP contribution in [-0.2, 0) is 19.1 Å². The quantitative estimate of drug-likeness (QED) is 0.623. The van der Waals surface area contributed by atoms with Crippen LogP contribution in [0.25, 0.3) is 0 Å². The number of anilines is 1. The van der Waals surface area contributed by atoms with Gasteiger partial charge in [-0.05, 0) is 24.6 Å². The highest BCUT2D eigenvalue weighted by atomic mass is 16.5. The number of esters is 2. The highest BCUT2D eigenvalue weighted by Crippen LogP contribution is 2.17. The second kappa shape index (κ2) is 7.09. The SMILES string of the molecule is COC(=O)/C=C(/Nc1ccc(C)c(C(=O)O)c1)C(=O)OC. The first kappa shape index (κ1) is 16.2. The molecule has 7 heteroatoms. The summed E-state index contributed by atoms with van der Waals surface area (Å²) in [6.45, 7) is 1.65. The van der Waals surface area contributed by atoms with Crippen LogP contribution in [0.5, 0.6) is 0 Å². The summed E-state index contributed by atoms with van der Waals surface area (Å²) in [5, 5.41) is 11.7. The van der Waals surface area contributed by atoms with Crippen molar-refractivity contribution in [2.24, 2.45) is 0 Å². The molecule has 2 N–H and O–H groups in total. The van der Waals surface area contributed by atoms with E-state index in [2.05, 4.69) is 14.8 Å². The van der Waals surface area contributed by atoms with Crippen LogP contribution in [0, 0.1) is 6.92 Å². The van der Waals surface area contributed by atoms with Gasteiger partial charge in [-0.25, -0.2) is 14.4 Å². The predicted octanol–water partition coefficient (Wildman–Crippen LogP) is 1.34. The Kier molecular flexibility index (Phi) is 5.48. The summed E-state index contributed by atoms with van der Waals surface area (Å²) in [6, 6.07) is 4.51. The van der Waals surface area contributed by atoms with Crippen LogP contribution < -0.4 is 5.32 Å². The average Bonchev–Trinajstić information content (AvgIpc) is 2.46. The molecule has 1 aromatic rings. The topological polar surface area (TPSA) is 102 Å². The number of ether oxygens (including phenoxy) is 2. The second-order valence-electron chi connectivity index (χ2n) is 4.03. The van der Waals surface area contributed by atoms with E-state index >= 15 is 0 Å². The predicted molar refractivity (Wildman–Crippen MR) is 73.9 cm³/mol. The third kappa shape index (κ3) is 4.34. The number of aromatic carboxylic acids is 1. The Morgan fingerprint density at radius 1 is 1.19 bits per heavy atom. The van der Waals surface area contributed by atoms with Crippen LogP contribution in [0.3, 0.4) is 0 Å². The number of nitrogens with one attached hydrogen (secondary N) is 1. The molecular formula is C14H15NO6. The van der Waals surface area contributed by atoms with Crippen molar-refractivity contribution in [2.75, 3.05) is 19.5 Å². The van der Waals surface area contributed by atoms with E-state index in [1.54, 1.807) is 19.1 Å². The zero-order valence-electron chi connectivity index (χ0n) is 11.8. The summed E-state index contributed by atoms with van der Waals surface area (Å²) in [4.78, 5) is 33.9. The molecule has 0 fully saturated rings. The Hall–Kier alpha value is -2.83. The van der Waals surface area contributed by atoms with E-state index in [4.69, 9.17) is 5.11 Å². The van der Waals surface area contributed by atoms with E-state index in [0.717, 1.165) is 13.2 Å². The van der Waals surface area contributed by atoms with Crippen molar-refractivity contribution in [3.63, 3.8) is 0 Å². The molecule has 0 saturated carbocycles. The van der Waals surface area contributed by atoms with Crippen molar-refractivity contribution in [1.29, 1.82) is 0 Å². The van der Waals surface area contributed by atoms with Crippen LogP contribution in [0.1, 0.15) is 15.9 Å². The average molecular weight is 293 g/mol. The molecule has 112 valence electrons. The molecule has 1 rings (SSSR count). The van der Waals surface area contributed by atoms with Gasteiger partial charge in [0, 0.05) is 5.69 Å². The van der Waals surface area contributed by atoms with E-state index in [-0.39, 0.29) is 11.3 Å². The molecule has 0 radical (unpaired) electrons. The van der Waals surface area contributed by atoms with E-state index < -0.39 is 17.9 Å². The minimum atomic E-state index is -1.09. The Bertz CT molecular complexity index is 605. The minimum absolute atomic E-state index is 0.0854. The van der Waals surface area contributed by atoms with Gasteiger partial charge in [0.25, 0.3) is 0 Å². The van der Waals surface area contributed by atoms with Crippen LogP contribution in [0.15, 0.2) is 30.0 Å². The largest absolute Gasteiger partial charge is 0.478 e. The molecule has 1 aromatic carbocycles. The maximum atomic E-state index is 11.6. The molecule has 0 atom stereocenters. The van der Waals surface area contributed by atoms with Gasteiger partial charge in [-0.3, -0.25) is 0 Å². The molecule has 0 bridgehead atoms. The molecule has 0 unspecified atom stereocenters. The van der Waals surface area contributed by atoms with Crippen molar-refractivity contribution in [3.05, 3.63) is 41.1 Å². The maximum Gasteiger partial charge on any atom is 0.354 e. The normalized spacial score (nSPS) is 10.7. The lowest BCUT2D eigenvalue weighted by Gasteiger charge is -2.10. The first-order valence-corrected chi connectivity index (χ1v) is 5.88. The van der Waals surface area contributed by atoms with Crippen molar-refractivity contribution < 1.29 is 29.0 Å². The minimum Gasteiger partial charge on any atom is -0.478 e. The van der Waals surface area contributed by atoms with Crippen LogP contribution in [0.4, 0.5) is 5.69 Å². The molecular weight excluding hydrogens is 278 g/mol. The number of carboxylic acid groups (broad SMARTS) is 1. The van der Waals surface area contributed by atoms with Gasteiger partial charge < -0.3 is 19.9 Å². The molecule has 7 nitrogen and oxygen atoms in total. The molecule has 0 aliphatic rings. The van der Waals surface area contributed by atoms with Gasteiger partial charge in [-0.15, -0.1) is 0 Å². The highest BCUT2D eigenvalue weighted by Gasteiger charge is 2.14. The molecule has 0 aliphatic heterocycles. The zero-order valence-corrected chi connectivity index (χ0v) is 11.8. The van der Waals surface area contributed by atoms with E-state index in [1.807, 2.05) is 0 Å². The number of hydrogen-bond acceptors (Lipinski definition) is 6. The number of carboxylic acids is 1. The third-order valence-electron chi connectivity index (χ3n) is 2.62. The standard InChI is InChI=1S/C14H15NO6/c1-8-4-5-9(6-10(8)13(17)18)15-11(14(19)21-3)7-12(16)20-2/h4-7,15H,1-3H3,(H,17,18)/b11-7+. The summed E-state index contributed by atoms with van der Waals surface area (Å²) in [7, 11) is 2.33. The first-order chi connectivity index (χ1) is 9.88. The maximum absolute atomic E-state index is 11.6. The third-order valence-corrected chi connectivity index (χ3v) is 2.62. The lowest BCUT2D eigenvalue weighted by Crippen LogP contribution is -2.15.